The summed E-state index contributed by atoms with van der Waals surface area (Å²) in [6, 6.07) is 18.3. The van der Waals surface area contributed by atoms with Crippen LogP contribution in [0.25, 0.3) is 10.8 Å². The zero-order chi connectivity index (χ0) is 24.9. The molecule has 0 spiro atoms. The molecular formula is C29H37ClN2O4. The van der Waals surface area contributed by atoms with Gasteiger partial charge < -0.3 is 19.1 Å². The molecule has 4 rings (SSSR count). The Morgan fingerprint density at radius 1 is 1.00 bits per heavy atom. The number of ether oxygens (including phenoxy) is 3. The van der Waals surface area contributed by atoms with E-state index >= 15 is 0 Å². The lowest BCUT2D eigenvalue weighted by Crippen LogP contribution is -2.55. The summed E-state index contributed by atoms with van der Waals surface area (Å²) in [6.45, 7) is 4.93. The van der Waals surface area contributed by atoms with Gasteiger partial charge in [-0.3, -0.25) is 9.69 Å². The predicted molar refractivity (Wildman–Crippen MR) is 147 cm³/mol. The minimum absolute atomic E-state index is 0. The third-order valence-corrected chi connectivity index (χ3v) is 6.91. The van der Waals surface area contributed by atoms with Gasteiger partial charge in [0.05, 0.1) is 25.9 Å². The van der Waals surface area contributed by atoms with E-state index in [1.165, 1.54) is 5.39 Å². The SMILES string of the molecule is CCCC(Oc1ccc2ccccc2c1)N(C)C(CC)N1CCc2ccc(OC)c(OC)c2C1=O.Cl. The summed E-state index contributed by atoms with van der Waals surface area (Å²) in [5, 5.41) is 2.34. The first kappa shape index (κ1) is 27.6. The molecule has 0 N–H and O–H groups in total. The van der Waals surface area contributed by atoms with Gasteiger partial charge in [0.25, 0.3) is 5.91 Å². The number of methoxy groups -OCH3 is 2. The van der Waals surface area contributed by atoms with Crippen molar-refractivity contribution in [2.75, 3.05) is 27.8 Å². The third-order valence-electron chi connectivity index (χ3n) is 6.91. The molecule has 2 atom stereocenters. The van der Waals surface area contributed by atoms with Crippen molar-refractivity contribution in [2.45, 2.75) is 51.9 Å². The van der Waals surface area contributed by atoms with Crippen molar-refractivity contribution in [1.29, 1.82) is 0 Å². The number of amides is 1. The van der Waals surface area contributed by atoms with Crippen LogP contribution in [-0.4, -0.2) is 55.9 Å². The van der Waals surface area contributed by atoms with E-state index in [2.05, 4.69) is 50.1 Å². The van der Waals surface area contributed by atoms with Crippen molar-refractivity contribution < 1.29 is 19.0 Å². The Bertz CT molecular complexity index is 1190. The summed E-state index contributed by atoms with van der Waals surface area (Å²) in [7, 11) is 5.24. The van der Waals surface area contributed by atoms with Gasteiger partial charge in [-0.2, -0.15) is 0 Å². The van der Waals surface area contributed by atoms with Crippen molar-refractivity contribution in [3.63, 3.8) is 0 Å². The summed E-state index contributed by atoms with van der Waals surface area (Å²) in [5.74, 6) is 1.90. The molecule has 1 aliphatic heterocycles. The number of halogens is 1. The second kappa shape index (κ2) is 12.3. The maximum atomic E-state index is 13.8. The smallest absolute Gasteiger partial charge is 0.259 e. The first-order chi connectivity index (χ1) is 17.0. The molecule has 36 heavy (non-hydrogen) atoms. The third kappa shape index (κ3) is 5.40. The van der Waals surface area contributed by atoms with Gasteiger partial charge in [-0.1, -0.05) is 56.7 Å². The van der Waals surface area contributed by atoms with Crippen molar-refractivity contribution in [3.05, 3.63) is 65.7 Å². The average molecular weight is 513 g/mol. The number of benzene rings is 3. The second-order valence-electron chi connectivity index (χ2n) is 9.01. The van der Waals surface area contributed by atoms with Crippen LogP contribution in [0.15, 0.2) is 54.6 Å². The number of hydrogen-bond acceptors (Lipinski definition) is 5. The highest BCUT2D eigenvalue weighted by Crippen LogP contribution is 2.37. The fraction of sp³-hybridized carbons (Fsp3) is 0.414. The summed E-state index contributed by atoms with van der Waals surface area (Å²) in [5.41, 5.74) is 1.60. The summed E-state index contributed by atoms with van der Waals surface area (Å²) < 4.78 is 17.6. The van der Waals surface area contributed by atoms with Gasteiger partial charge in [-0.15, -0.1) is 12.4 Å². The molecule has 3 aromatic rings. The molecule has 6 nitrogen and oxygen atoms in total. The molecule has 1 amide bonds. The lowest BCUT2D eigenvalue weighted by molar-refractivity contribution is -0.0435. The topological polar surface area (TPSA) is 51.2 Å². The number of carbonyl (C=O) groups is 1. The van der Waals surface area contributed by atoms with E-state index in [1.807, 2.05) is 35.2 Å². The Hall–Kier alpha value is -2.96. The standard InChI is InChI=1S/C29H36N2O4.ClH/c1-6-10-26(35-23-15-13-20-11-8-9-12-22(20)19-23)30(3)25(7-2)31-18-17-21-14-16-24(33-4)28(34-5)27(21)29(31)32;/h8-9,11-16,19,25-26H,6-7,10,17-18H2,1-5H3;1H. The van der Waals surface area contributed by atoms with Crippen molar-refractivity contribution >= 4 is 29.1 Å². The Morgan fingerprint density at radius 3 is 2.42 bits per heavy atom. The van der Waals surface area contributed by atoms with Crippen molar-refractivity contribution in [2.24, 2.45) is 0 Å². The molecular weight excluding hydrogens is 476 g/mol. The van der Waals surface area contributed by atoms with Crippen LogP contribution in [0, 0.1) is 0 Å². The van der Waals surface area contributed by atoms with Crippen LogP contribution in [0.3, 0.4) is 0 Å². The molecule has 0 aromatic heterocycles. The molecule has 194 valence electrons. The summed E-state index contributed by atoms with van der Waals surface area (Å²) >= 11 is 0. The number of hydrogen-bond donors (Lipinski definition) is 0. The number of fused-ring (bicyclic) bond motifs is 2. The molecule has 1 aliphatic rings. The van der Waals surface area contributed by atoms with E-state index in [0.29, 0.717) is 23.6 Å². The Morgan fingerprint density at radius 2 is 1.75 bits per heavy atom. The van der Waals surface area contributed by atoms with Gasteiger partial charge in [0.2, 0.25) is 0 Å². The van der Waals surface area contributed by atoms with Crippen LogP contribution in [0.4, 0.5) is 0 Å². The monoisotopic (exact) mass is 512 g/mol. The quantitative estimate of drug-likeness (QED) is 0.305. The molecule has 1 heterocycles. The Kier molecular flexibility index (Phi) is 9.46. The minimum atomic E-state index is -0.160. The van der Waals surface area contributed by atoms with Gasteiger partial charge in [-0.05, 0) is 60.8 Å². The second-order valence-corrected chi connectivity index (χ2v) is 9.01. The van der Waals surface area contributed by atoms with Crippen LogP contribution in [0.5, 0.6) is 17.2 Å². The van der Waals surface area contributed by atoms with Gasteiger partial charge in [0.15, 0.2) is 17.7 Å². The molecule has 0 bridgehead atoms. The fourth-order valence-electron chi connectivity index (χ4n) is 5.09. The Labute approximate surface area is 220 Å². The highest BCUT2D eigenvalue weighted by molar-refractivity contribution is 6.00. The van der Waals surface area contributed by atoms with Gasteiger partial charge >= 0.3 is 0 Å². The normalized spacial score (nSPS) is 14.7. The number of carbonyl (C=O) groups excluding carboxylic acids is 1. The van der Waals surface area contributed by atoms with Crippen LogP contribution < -0.4 is 14.2 Å². The molecule has 0 aliphatic carbocycles. The molecule has 2 unspecified atom stereocenters. The van der Waals surface area contributed by atoms with Crippen LogP contribution >= 0.6 is 12.4 Å². The van der Waals surface area contributed by atoms with Crippen LogP contribution in [-0.2, 0) is 6.42 Å². The average Bonchev–Trinajstić information content (AvgIpc) is 2.89. The largest absolute Gasteiger partial charge is 0.493 e. The zero-order valence-corrected chi connectivity index (χ0v) is 22.6. The molecule has 7 heteroatoms. The number of nitrogens with zero attached hydrogens (tertiary/aromatic N) is 2. The molecule has 0 saturated heterocycles. The van der Waals surface area contributed by atoms with Gasteiger partial charge in [0.1, 0.15) is 5.75 Å². The summed E-state index contributed by atoms with van der Waals surface area (Å²) in [6.07, 6.45) is 3.12. The van der Waals surface area contributed by atoms with Crippen LogP contribution in [0.2, 0.25) is 0 Å². The molecule has 3 aromatic carbocycles. The van der Waals surface area contributed by atoms with E-state index in [1.54, 1.807) is 14.2 Å². The van der Waals surface area contributed by atoms with E-state index in [0.717, 1.165) is 42.4 Å². The fourth-order valence-corrected chi connectivity index (χ4v) is 5.09. The predicted octanol–water partition coefficient (Wildman–Crippen LogP) is 6.15. The maximum absolute atomic E-state index is 13.8. The highest BCUT2D eigenvalue weighted by Gasteiger charge is 2.36. The van der Waals surface area contributed by atoms with E-state index in [9.17, 15) is 4.79 Å². The number of rotatable bonds is 10. The van der Waals surface area contributed by atoms with Gasteiger partial charge in [0, 0.05) is 6.54 Å². The first-order valence-electron chi connectivity index (χ1n) is 12.4. The van der Waals surface area contributed by atoms with Crippen molar-refractivity contribution in [3.8, 4) is 17.2 Å². The van der Waals surface area contributed by atoms with Crippen LogP contribution in [0.1, 0.15) is 49.0 Å². The maximum Gasteiger partial charge on any atom is 0.259 e. The first-order valence-corrected chi connectivity index (χ1v) is 12.4. The Balaban J connectivity index is 0.00000361. The van der Waals surface area contributed by atoms with Gasteiger partial charge in [-0.25, -0.2) is 0 Å². The summed E-state index contributed by atoms with van der Waals surface area (Å²) in [4.78, 5) is 17.9. The van der Waals surface area contributed by atoms with E-state index in [-0.39, 0.29) is 30.7 Å². The molecule has 0 fully saturated rings. The van der Waals surface area contributed by atoms with Crippen molar-refractivity contribution in [1.82, 2.24) is 9.80 Å². The molecule has 0 saturated carbocycles. The lowest BCUT2D eigenvalue weighted by atomic mass is 9.96. The van der Waals surface area contributed by atoms with E-state index in [4.69, 9.17) is 14.2 Å². The van der Waals surface area contributed by atoms with E-state index < -0.39 is 0 Å². The minimum Gasteiger partial charge on any atom is -0.493 e. The zero-order valence-electron chi connectivity index (χ0n) is 21.8. The lowest BCUT2D eigenvalue weighted by Gasteiger charge is -2.43. The molecule has 0 radical (unpaired) electrons. The highest BCUT2D eigenvalue weighted by atomic mass is 35.5.